The molecule has 7 nitrogen and oxygen atoms in total. The zero-order valence-electron chi connectivity index (χ0n) is 15.9. The van der Waals surface area contributed by atoms with Gasteiger partial charge in [0, 0.05) is 25.7 Å². The Morgan fingerprint density at radius 3 is 2.25 bits per heavy atom. The van der Waals surface area contributed by atoms with Crippen LogP contribution in [0.2, 0.25) is 0 Å². The van der Waals surface area contributed by atoms with Gasteiger partial charge in [-0.2, -0.15) is 0 Å². The second kappa shape index (κ2) is 9.17. The maximum absolute atomic E-state index is 12.9. The van der Waals surface area contributed by atoms with E-state index in [2.05, 4.69) is 14.5 Å². The van der Waals surface area contributed by atoms with Crippen molar-refractivity contribution in [2.75, 3.05) is 50.8 Å². The number of rotatable bonds is 7. The topological polar surface area (TPSA) is 86.8 Å². The molecular formula is C18H28FN3O4S2. The average molecular weight is 434 g/mol. The first kappa shape index (κ1) is 21.6. The van der Waals surface area contributed by atoms with Gasteiger partial charge in [0.05, 0.1) is 16.4 Å². The van der Waals surface area contributed by atoms with Crippen LogP contribution >= 0.6 is 0 Å². The Labute approximate surface area is 166 Å². The normalized spacial score (nSPS) is 22.3. The first-order chi connectivity index (χ1) is 13.3. The predicted octanol–water partition coefficient (Wildman–Crippen LogP) is 0.689. The van der Waals surface area contributed by atoms with Gasteiger partial charge in [0.25, 0.3) is 0 Å². The van der Waals surface area contributed by atoms with Crippen molar-refractivity contribution in [1.82, 2.24) is 14.5 Å². The highest BCUT2D eigenvalue weighted by Crippen LogP contribution is 2.19. The fourth-order valence-electron chi connectivity index (χ4n) is 3.81. The molecule has 2 aliphatic heterocycles. The molecule has 0 aliphatic carbocycles. The third-order valence-electron chi connectivity index (χ3n) is 5.52. The van der Waals surface area contributed by atoms with Crippen molar-refractivity contribution < 1.29 is 21.2 Å². The molecule has 2 saturated heterocycles. The lowest BCUT2D eigenvalue weighted by atomic mass is 10.0. The van der Waals surface area contributed by atoms with E-state index in [1.54, 1.807) is 0 Å². The first-order valence-electron chi connectivity index (χ1n) is 9.67. The summed E-state index contributed by atoms with van der Waals surface area (Å²) in [4.78, 5) is 4.69. The van der Waals surface area contributed by atoms with Crippen molar-refractivity contribution in [1.29, 1.82) is 0 Å². The van der Waals surface area contributed by atoms with Crippen LogP contribution in [0.1, 0.15) is 19.3 Å². The van der Waals surface area contributed by atoms with E-state index >= 15 is 0 Å². The molecule has 158 valence electrons. The molecule has 0 unspecified atom stereocenters. The van der Waals surface area contributed by atoms with Gasteiger partial charge in [-0.25, -0.2) is 25.9 Å². The summed E-state index contributed by atoms with van der Waals surface area (Å²) in [5, 5.41) is 0. The van der Waals surface area contributed by atoms with Gasteiger partial charge in [-0.1, -0.05) is 0 Å². The fraction of sp³-hybridized carbons (Fsp3) is 0.667. The van der Waals surface area contributed by atoms with E-state index in [1.165, 1.54) is 12.1 Å². The smallest absolute Gasteiger partial charge is 0.240 e. The number of sulfone groups is 1. The Morgan fingerprint density at radius 1 is 1.04 bits per heavy atom. The molecule has 2 aliphatic rings. The quantitative estimate of drug-likeness (QED) is 0.637. The van der Waals surface area contributed by atoms with Gasteiger partial charge in [-0.15, -0.1) is 0 Å². The summed E-state index contributed by atoms with van der Waals surface area (Å²) in [6.45, 7) is 4.31. The highest BCUT2D eigenvalue weighted by atomic mass is 32.2. The molecule has 1 N–H and O–H groups in total. The molecule has 0 radical (unpaired) electrons. The Morgan fingerprint density at radius 2 is 1.64 bits per heavy atom. The van der Waals surface area contributed by atoms with Crippen molar-refractivity contribution >= 4 is 19.9 Å². The SMILES string of the molecule is O=S1(=O)CCN(C2CCN(CCCNS(=O)(=O)c3ccc(F)cc3)CC2)CC1. The Kier molecular flexibility index (Phi) is 7.08. The molecule has 28 heavy (non-hydrogen) atoms. The minimum atomic E-state index is -3.60. The molecule has 0 bridgehead atoms. The van der Waals surface area contributed by atoms with Crippen LogP contribution in [0.25, 0.3) is 0 Å². The molecule has 2 fully saturated rings. The maximum atomic E-state index is 12.9. The van der Waals surface area contributed by atoms with E-state index in [1.807, 2.05) is 0 Å². The molecule has 1 aromatic rings. The zero-order valence-corrected chi connectivity index (χ0v) is 17.5. The van der Waals surface area contributed by atoms with Crippen LogP contribution in [0, 0.1) is 5.82 Å². The number of sulfonamides is 1. The fourth-order valence-corrected chi connectivity index (χ4v) is 6.11. The summed E-state index contributed by atoms with van der Waals surface area (Å²) in [6, 6.07) is 5.24. The van der Waals surface area contributed by atoms with Gasteiger partial charge in [-0.05, 0) is 63.2 Å². The van der Waals surface area contributed by atoms with Crippen molar-refractivity contribution in [3.05, 3.63) is 30.1 Å². The lowest BCUT2D eigenvalue weighted by molar-refractivity contribution is 0.114. The number of likely N-dealkylation sites (tertiary alicyclic amines) is 1. The number of nitrogens with zero attached hydrogens (tertiary/aromatic N) is 2. The molecule has 0 spiro atoms. The molecule has 0 aromatic heterocycles. The molecule has 3 rings (SSSR count). The van der Waals surface area contributed by atoms with Crippen LogP contribution in [0.5, 0.6) is 0 Å². The summed E-state index contributed by atoms with van der Waals surface area (Å²) in [7, 11) is -6.44. The third kappa shape index (κ3) is 5.96. The number of hydrogen-bond acceptors (Lipinski definition) is 6. The van der Waals surface area contributed by atoms with Crippen molar-refractivity contribution in [2.24, 2.45) is 0 Å². The second-order valence-electron chi connectivity index (χ2n) is 7.47. The van der Waals surface area contributed by atoms with Crippen LogP contribution in [0.15, 0.2) is 29.2 Å². The van der Waals surface area contributed by atoms with E-state index in [0.29, 0.717) is 32.1 Å². The summed E-state index contributed by atoms with van der Waals surface area (Å²) < 4.78 is 62.9. The monoisotopic (exact) mass is 433 g/mol. The van der Waals surface area contributed by atoms with Crippen LogP contribution < -0.4 is 4.72 Å². The highest BCUT2D eigenvalue weighted by Gasteiger charge is 2.29. The van der Waals surface area contributed by atoms with Gasteiger partial charge in [-0.3, -0.25) is 4.90 Å². The van der Waals surface area contributed by atoms with Gasteiger partial charge in [0.1, 0.15) is 5.82 Å². The van der Waals surface area contributed by atoms with Crippen molar-refractivity contribution in [2.45, 2.75) is 30.2 Å². The van der Waals surface area contributed by atoms with E-state index in [-0.39, 0.29) is 16.4 Å². The Bertz CT molecular complexity index is 837. The predicted molar refractivity (Wildman–Crippen MR) is 106 cm³/mol. The minimum Gasteiger partial charge on any atom is -0.303 e. The van der Waals surface area contributed by atoms with Gasteiger partial charge < -0.3 is 4.90 Å². The summed E-state index contributed by atoms with van der Waals surface area (Å²) in [5.74, 6) is 0.0663. The first-order valence-corrected chi connectivity index (χ1v) is 13.0. The van der Waals surface area contributed by atoms with Gasteiger partial charge in [0.2, 0.25) is 10.0 Å². The molecule has 0 atom stereocenters. The van der Waals surface area contributed by atoms with Crippen LogP contribution in [-0.4, -0.2) is 83.5 Å². The molecule has 2 heterocycles. The lowest BCUT2D eigenvalue weighted by Crippen LogP contribution is -2.50. The van der Waals surface area contributed by atoms with E-state index in [0.717, 1.165) is 44.6 Å². The molecular weight excluding hydrogens is 405 g/mol. The summed E-state index contributed by atoms with van der Waals surface area (Å²) >= 11 is 0. The minimum absolute atomic E-state index is 0.0678. The van der Waals surface area contributed by atoms with E-state index in [9.17, 15) is 21.2 Å². The van der Waals surface area contributed by atoms with Crippen LogP contribution in [0.4, 0.5) is 4.39 Å². The highest BCUT2D eigenvalue weighted by molar-refractivity contribution is 7.91. The number of halogens is 1. The number of piperidine rings is 1. The molecule has 0 saturated carbocycles. The van der Waals surface area contributed by atoms with E-state index < -0.39 is 25.7 Å². The number of nitrogens with one attached hydrogen (secondary N) is 1. The third-order valence-corrected chi connectivity index (χ3v) is 8.61. The van der Waals surface area contributed by atoms with Gasteiger partial charge in [0.15, 0.2) is 9.84 Å². The van der Waals surface area contributed by atoms with Gasteiger partial charge >= 0.3 is 0 Å². The average Bonchev–Trinajstić information content (AvgIpc) is 2.66. The Balaban J connectivity index is 1.35. The molecule has 1 aromatic carbocycles. The van der Waals surface area contributed by atoms with Crippen molar-refractivity contribution in [3.63, 3.8) is 0 Å². The molecule has 10 heteroatoms. The van der Waals surface area contributed by atoms with Crippen LogP contribution in [-0.2, 0) is 19.9 Å². The standard InChI is InChI=1S/C18H28FN3O4S2/c19-16-2-4-18(5-3-16)28(25,26)20-8-1-9-21-10-6-17(7-11-21)22-12-14-27(23,24)15-13-22/h2-5,17,20H,1,6-15H2. The number of hydrogen-bond donors (Lipinski definition) is 1. The molecule has 0 amide bonds. The summed E-state index contributed by atoms with van der Waals surface area (Å²) in [6.07, 6.45) is 2.73. The lowest BCUT2D eigenvalue weighted by Gasteiger charge is -2.40. The zero-order chi connectivity index (χ0) is 20.2. The largest absolute Gasteiger partial charge is 0.303 e. The summed E-state index contributed by atoms with van der Waals surface area (Å²) in [5.41, 5.74) is 0. The van der Waals surface area contributed by atoms with Crippen LogP contribution in [0.3, 0.4) is 0 Å². The van der Waals surface area contributed by atoms with Crippen molar-refractivity contribution in [3.8, 4) is 0 Å². The maximum Gasteiger partial charge on any atom is 0.240 e. The Hall–Kier alpha value is -1.07. The van der Waals surface area contributed by atoms with E-state index in [4.69, 9.17) is 0 Å². The number of benzene rings is 1. The second-order valence-corrected chi connectivity index (χ2v) is 11.5.